The van der Waals surface area contributed by atoms with Crippen LogP contribution >= 0.6 is 0 Å². The maximum absolute atomic E-state index is 13.3. The topological polar surface area (TPSA) is 74.4 Å². The Kier molecular flexibility index (Phi) is 5.98. The van der Waals surface area contributed by atoms with Crippen molar-refractivity contribution in [3.05, 3.63) is 89.1 Å². The molecule has 180 valence electrons. The molecule has 3 aromatic carbocycles. The first-order chi connectivity index (χ1) is 16.8. The first-order valence-corrected chi connectivity index (χ1v) is 11.3. The number of carbonyl (C=O) groups excluding carboxylic acids is 1. The van der Waals surface area contributed by atoms with Crippen molar-refractivity contribution in [2.24, 2.45) is 0 Å². The molecule has 0 spiro atoms. The maximum Gasteiger partial charge on any atom is 0.416 e. The molecule has 5 nitrogen and oxygen atoms in total. The van der Waals surface area contributed by atoms with Crippen LogP contribution in [0, 0.1) is 0 Å². The number of aliphatic hydroxyl groups is 1. The van der Waals surface area contributed by atoms with Crippen LogP contribution in [0.5, 0.6) is 5.75 Å². The SMILES string of the molecule is O=C(N[C@@H](CO)Cc1c[nH]c2ccccc12)c1cc(-c2ccc(C(F)(F)F)cc2)cc2c1OCC2. The largest absolute Gasteiger partial charge is 0.492 e. The first kappa shape index (κ1) is 23.0. The second-order valence-electron chi connectivity index (χ2n) is 8.60. The number of carbonyl (C=O) groups is 1. The summed E-state index contributed by atoms with van der Waals surface area (Å²) in [5, 5.41) is 13.9. The predicted molar refractivity (Wildman–Crippen MR) is 126 cm³/mol. The van der Waals surface area contributed by atoms with Gasteiger partial charge in [-0.05, 0) is 59.0 Å². The Morgan fingerprint density at radius 2 is 1.86 bits per heavy atom. The smallest absolute Gasteiger partial charge is 0.416 e. The average Bonchev–Trinajstić information content (AvgIpc) is 3.49. The van der Waals surface area contributed by atoms with E-state index in [9.17, 15) is 23.1 Å². The normalized spacial score (nSPS) is 13.9. The van der Waals surface area contributed by atoms with E-state index < -0.39 is 23.7 Å². The van der Waals surface area contributed by atoms with Gasteiger partial charge in [-0.3, -0.25) is 4.79 Å². The molecule has 1 atom stereocenters. The van der Waals surface area contributed by atoms with Gasteiger partial charge in [0.2, 0.25) is 0 Å². The number of para-hydroxylation sites is 1. The fourth-order valence-electron chi connectivity index (χ4n) is 4.49. The van der Waals surface area contributed by atoms with Crippen LogP contribution in [0.15, 0.2) is 66.9 Å². The monoisotopic (exact) mass is 480 g/mol. The second-order valence-corrected chi connectivity index (χ2v) is 8.60. The molecule has 0 bridgehead atoms. The molecule has 1 aliphatic heterocycles. The van der Waals surface area contributed by atoms with E-state index >= 15 is 0 Å². The summed E-state index contributed by atoms with van der Waals surface area (Å²) < 4.78 is 44.6. The number of aromatic nitrogens is 1. The highest BCUT2D eigenvalue weighted by Crippen LogP contribution is 2.36. The average molecular weight is 480 g/mol. The molecule has 2 heterocycles. The Hall–Kier alpha value is -3.78. The molecule has 0 saturated carbocycles. The number of hydrogen-bond donors (Lipinski definition) is 3. The van der Waals surface area contributed by atoms with Gasteiger partial charge in [0.25, 0.3) is 5.91 Å². The number of halogens is 3. The zero-order valence-electron chi connectivity index (χ0n) is 18.7. The number of aromatic amines is 1. The van der Waals surface area contributed by atoms with Crippen LogP contribution in [0.2, 0.25) is 0 Å². The lowest BCUT2D eigenvalue weighted by atomic mass is 9.96. The Balaban J connectivity index is 1.41. The molecular formula is C27H23F3N2O3. The highest BCUT2D eigenvalue weighted by Gasteiger charge is 2.30. The van der Waals surface area contributed by atoms with Gasteiger partial charge in [-0.1, -0.05) is 30.3 Å². The summed E-state index contributed by atoms with van der Waals surface area (Å²) in [4.78, 5) is 16.5. The lowest BCUT2D eigenvalue weighted by Crippen LogP contribution is -2.39. The fraction of sp³-hybridized carbons (Fsp3) is 0.222. The number of nitrogens with one attached hydrogen (secondary N) is 2. The maximum atomic E-state index is 13.3. The summed E-state index contributed by atoms with van der Waals surface area (Å²) in [6.45, 7) is 0.164. The molecule has 5 rings (SSSR count). The summed E-state index contributed by atoms with van der Waals surface area (Å²) in [6.07, 6.45) is -1.53. The van der Waals surface area contributed by atoms with Crippen LogP contribution in [0.4, 0.5) is 13.2 Å². The third kappa shape index (κ3) is 4.61. The molecule has 4 aromatic rings. The van der Waals surface area contributed by atoms with Gasteiger partial charge in [-0.2, -0.15) is 13.2 Å². The van der Waals surface area contributed by atoms with Crippen LogP contribution in [0.3, 0.4) is 0 Å². The van der Waals surface area contributed by atoms with Gasteiger partial charge in [0.05, 0.1) is 30.4 Å². The van der Waals surface area contributed by atoms with Gasteiger partial charge in [0.1, 0.15) is 5.75 Å². The minimum absolute atomic E-state index is 0.257. The Bertz CT molecular complexity index is 1380. The van der Waals surface area contributed by atoms with Crippen molar-refractivity contribution in [1.29, 1.82) is 0 Å². The number of ether oxygens (including phenoxy) is 1. The predicted octanol–water partition coefficient (Wildman–Crippen LogP) is 5.12. The van der Waals surface area contributed by atoms with Crippen molar-refractivity contribution in [2.45, 2.75) is 25.1 Å². The molecule has 0 fully saturated rings. The van der Waals surface area contributed by atoms with Crippen molar-refractivity contribution in [1.82, 2.24) is 10.3 Å². The van der Waals surface area contributed by atoms with E-state index in [0.29, 0.717) is 41.9 Å². The minimum Gasteiger partial charge on any atom is -0.492 e. The van der Waals surface area contributed by atoms with Crippen LogP contribution in [0.25, 0.3) is 22.0 Å². The highest BCUT2D eigenvalue weighted by molar-refractivity contribution is 5.99. The van der Waals surface area contributed by atoms with Gasteiger partial charge in [-0.15, -0.1) is 0 Å². The molecule has 0 saturated heterocycles. The third-order valence-corrected chi connectivity index (χ3v) is 6.27. The summed E-state index contributed by atoms with van der Waals surface area (Å²) in [7, 11) is 0. The summed E-state index contributed by atoms with van der Waals surface area (Å²) in [6, 6.07) is 15.6. The fourth-order valence-corrected chi connectivity index (χ4v) is 4.49. The number of rotatable bonds is 6. The molecule has 0 aliphatic carbocycles. The third-order valence-electron chi connectivity index (χ3n) is 6.27. The van der Waals surface area contributed by atoms with Crippen LogP contribution in [-0.2, 0) is 19.0 Å². The van der Waals surface area contributed by atoms with Gasteiger partial charge in [-0.25, -0.2) is 0 Å². The lowest BCUT2D eigenvalue weighted by Gasteiger charge is -2.18. The standard InChI is InChI=1S/C27H23F3N2O3/c28-27(29,30)20-7-5-16(6-8-20)18-11-17-9-10-35-25(17)23(13-18)26(34)32-21(15-33)12-19-14-31-24-4-2-1-3-22(19)24/h1-8,11,13-14,21,31,33H,9-10,12,15H2,(H,32,34)/t21-/m1/s1. The quantitative estimate of drug-likeness (QED) is 0.359. The molecule has 1 aromatic heterocycles. The van der Waals surface area contributed by atoms with Crippen molar-refractivity contribution < 1.29 is 27.8 Å². The van der Waals surface area contributed by atoms with Crippen LogP contribution < -0.4 is 10.1 Å². The van der Waals surface area contributed by atoms with E-state index in [4.69, 9.17) is 4.74 Å². The summed E-state index contributed by atoms with van der Waals surface area (Å²) in [5.74, 6) is 0.0674. The van der Waals surface area contributed by atoms with Crippen molar-refractivity contribution in [2.75, 3.05) is 13.2 Å². The molecule has 1 amide bonds. The number of H-pyrrole nitrogens is 1. The van der Waals surface area contributed by atoms with Crippen LogP contribution in [0.1, 0.15) is 27.0 Å². The van der Waals surface area contributed by atoms with Gasteiger partial charge < -0.3 is 20.1 Å². The minimum atomic E-state index is -4.42. The van der Waals surface area contributed by atoms with Crippen LogP contribution in [-0.4, -0.2) is 35.3 Å². The summed E-state index contributed by atoms with van der Waals surface area (Å²) in [5.41, 5.74) is 3.54. The van der Waals surface area contributed by atoms with E-state index in [1.54, 1.807) is 6.07 Å². The molecule has 3 N–H and O–H groups in total. The molecular weight excluding hydrogens is 457 g/mol. The number of alkyl halides is 3. The van der Waals surface area contributed by atoms with E-state index in [1.807, 2.05) is 36.5 Å². The molecule has 8 heteroatoms. The van der Waals surface area contributed by atoms with E-state index in [1.165, 1.54) is 12.1 Å². The van der Waals surface area contributed by atoms with Crippen molar-refractivity contribution >= 4 is 16.8 Å². The number of fused-ring (bicyclic) bond motifs is 2. The van der Waals surface area contributed by atoms with Gasteiger partial charge >= 0.3 is 6.18 Å². The number of hydrogen-bond acceptors (Lipinski definition) is 3. The Labute approximate surface area is 199 Å². The molecule has 1 aliphatic rings. The highest BCUT2D eigenvalue weighted by atomic mass is 19.4. The first-order valence-electron chi connectivity index (χ1n) is 11.3. The molecule has 35 heavy (non-hydrogen) atoms. The van der Waals surface area contributed by atoms with Gasteiger partial charge in [0, 0.05) is 23.5 Å². The lowest BCUT2D eigenvalue weighted by molar-refractivity contribution is -0.137. The van der Waals surface area contributed by atoms with E-state index in [0.717, 1.165) is 34.2 Å². The number of benzene rings is 3. The van der Waals surface area contributed by atoms with Crippen molar-refractivity contribution in [3.8, 4) is 16.9 Å². The Morgan fingerprint density at radius 3 is 2.60 bits per heavy atom. The van der Waals surface area contributed by atoms with E-state index in [-0.39, 0.29) is 6.61 Å². The zero-order valence-corrected chi connectivity index (χ0v) is 18.7. The van der Waals surface area contributed by atoms with E-state index in [2.05, 4.69) is 10.3 Å². The summed E-state index contributed by atoms with van der Waals surface area (Å²) >= 11 is 0. The molecule has 0 radical (unpaired) electrons. The second kappa shape index (κ2) is 9.11. The molecule has 0 unspecified atom stereocenters. The van der Waals surface area contributed by atoms with Gasteiger partial charge in [0.15, 0.2) is 0 Å². The number of aliphatic hydroxyl groups excluding tert-OH is 1. The van der Waals surface area contributed by atoms with Crippen molar-refractivity contribution in [3.63, 3.8) is 0 Å². The number of amides is 1. The Morgan fingerprint density at radius 1 is 1.09 bits per heavy atom. The zero-order chi connectivity index (χ0) is 24.6.